The maximum absolute atomic E-state index is 13.7. The number of hydrogen-bond acceptors (Lipinski definition) is 9. The number of halogens is 8. The van der Waals surface area contributed by atoms with E-state index in [0.29, 0.717) is 6.07 Å². The van der Waals surface area contributed by atoms with Gasteiger partial charge >= 0.3 is 127 Å². The van der Waals surface area contributed by atoms with Crippen LogP contribution in [0.25, 0.3) is 10.8 Å². The van der Waals surface area contributed by atoms with Crippen LogP contribution >= 0.6 is 0 Å². The van der Waals surface area contributed by atoms with E-state index in [1.807, 2.05) is 0 Å². The van der Waals surface area contributed by atoms with Crippen LogP contribution in [-0.4, -0.2) is 65.2 Å². The summed E-state index contributed by atoms with van der Waals surface area (Å²) in [6.07, 6.45) is -5.35. The molecule has 0 radical (unpaired) electrons. The Morgan fingerprint density at radius 3 is 1.73 bits per heavy atom. The Kier molecular flexibility index (Phi) is 13.0. The smallest absolute Gasteiger partial charge is 0.744 e. The first-order valence-electron chi connectivity index (χ1n) is 8.27. The molecule has 0 amide bonds. The molecule has 2 rings (SSSR count). The van der Waals surface area contributed by atoms with Crippen molar-refractivity contribution in [1.29, 1.82) is 0 Å². The maximum Gasteiger partial charge on any atom is 1.00 e. The molecule has 0 bridgehead atoms. The second-order valence-corrected chi connectivity index (χ2v) is 10.8. The quantitative estimate of drug-likeness (QED) is 0.116. The largest absolute Gasteiger partial charge is 1.00 e. The van der Waals surface area contributed by atoms with E-state index in [4.69, 9.17) is 0 Å². The van der Waals surface area contributed by atoms with Gasteiger partial charge in [0.05, 0.1) is 9.79 Å². The van der Waals surface area contributed by atoms with E-state index in [9.17, 15) is 69.5 Å². The minimum Gasteiger partial charge on any atom is -0.744 e. The summed E-state index contributed by atoms with van der Waals surface area (Å²) in [6.45, 7) is -3.30. The first-order valence-corrected chi connectivity index (χ1v) is 12.5. The molecule has 22 heteroatoms. The summed E-state index contributed by atoms with van der Waals surface area (Å²) in [4.78, 5) is -6.39. The molecular formula is C15H8F8K2O9S3. The Hall–Kier alpha value is 1.14. The molecule has 0 saturated heterocycles. The van der Waals surface area contributed by atoms with Gasteiger partial charge in [0.25, 0.3) is 10.1 Å². The van der Waals surface area contributed by atoms with Gasteiger partial charge in [0.1, 0.15) is 31.7 Å². The van der Waals surface area contributed by atoms with Crippen molar-refractivity contribution in [3.8, 4) is 0 Å². The van der Waals surface area contributed by atoms with E-state index in [1.165, 1.54) is 0 Å². The zero-order chi connectivity index (χ0) is 27.4. The summed E-state index contributed by atoms with van der Waals surface area (Å²) >= 11 is 0. The fraction of sp³-hybridized carbons (Fsp3) is 0.333. The Labute approximate surface area is 288 Å². The monoisotopic (exact) mass is 658 g/mol. The standard InChI is InChI=1S/C15H10F8O9S3.2K/c16-12(17)14(20,21)15(22,23)13(18,19)6-32-35(30,31)10-8-4-2-1-3-7(8)5-9(33(24,25)26)11(10)34(27,28)29;;/h1-5,12H,6H2,(H,24,25,26)(H,27,28,29);;/q;2*+1/p-2. The molecule has 0 spiro atoms. The first-order chi connectivity index (χ1) is 15.5. The topological polar surface area (TPSA) is 158 Å². The van der Waals surface area contributed by atoms with E-state index in [-0.39, 0.29) is 109 Å². The van der Waals surface area contributed by atoms with Crippen molar-refractivity contribution in [3.63, 3.8) is 0 Å². The average Bonchev–Trinajstić information content (AvgIpc) is 2.69. The minimum absolute atomic E-state index is 0. The molecule has 0 N–H and O–H groups in total. The van der Waals surface area contributed by atoms with Crippen molar-refractivity contribution in [1.82, 2.24) is 0 Å². The second kappa shape index (κ2) is 12.6. The van der Waals surface area contributed by atoms with Crippen molar-refractivity contribution in [2.45, 2.75) is 38.9 Å². The van der Waals surface area contributed by atoms with E-state index >= 15 is 0 Å². The summed E-state index contributed by atoms with van der Waals surface area (Å²) in [5.41, 5.74) is 0. The third kappa shape index (κ3) is 7.71. The summed E-state index contributed by atoms with van der Waals surface area (Å²) in [5, 5.41) is -1.57. The molecule has 0 unspecified atom stereocenters. The molecule has 0 aliphatic rings. The number of hydrogen-bond donors (Lipinski definition) is 0. The van der Waals surface area contributed by atoms with Gasteiger partial charge in [-0.15, -0.1) is 0 Å². The average molecular weight is 659 g/mol. The van der Waals surface area contributed by atoms with E-state index in [0.717, 1.165) is 18.2 Å². The van der Waals surface area contributed by atoms with Gasteiger partial charge in [0, 0.05) is 5.39 Å². The zero-order valence-corrected chi connectivity index (χ0v) is 26.8. The van der Waals surface area contributed by atoms with Crippen LogP contribution in [0.5, 0.6) is 0 Å². The summed E-state index contributed by atoms with van der Waals surface area (Å²) < 4.78 is 203. The predicted octanol–water partition coefficient (Wildman–Crippen LogP) is -3.47. The van der Waals surface area contributed by atoms with E-state index in [1.54, 1.807) is 0 Å². The second-order valence-electron chi connectivity index (χ2n) is 6.58. The van der Waals surface area contributed by atoms with Gasteiger partial charge in [0.15, 0.2) is 0 Å². The van der Waals surface area contributed by atoms with Crippen LogP contribution < -0.4 is 103 Å². The van der Waals surface area contributed by atoms with Gasteiger partial charge in [-0.2, -0.15) is 34.8 Å². The van der Waals surface area contributed by atoms with Gasteiger partial charge < -0.3 is 9.11 Å². The molecule has 0 aliphatic heterocycles. The van der Waals surface area contributed by atoms with Crippen molar-refractivity contribution >= 4 is 41.1 Å². The summed E-state index contributed by atoms with van der Waals surface area (Å²) in [6, 6.07) is 3.72. The summed E-state index contributed by atoms with van der Waals surface area (Å²) in [7, 11) is -18.5. The van der Waals surface area contributed by atoms with Crippen molar-refractivity contribution in [2.75, 3.05) is 6.61 Å². The third-order valence-corrected chi connectivity index (χ3v) is 7.63. The predicted molar refractivity (Wildman–Crippen MR) is 93.9 cm³/mol. The van der Waals surface area contributed by atoms with Gasteiger partial charge in [-0.25, -0.2) is 25.6 Å². The maximum atomic E-state index is 13.7. The third-order valence-electron chi connectivity index (χ3n) is 4.24. The number of fused-ring (bicyclic) bond motifs is 1. The normalized spacial score (nSPS) is 13.8. The number of alkyl halides is 8. The van der Waals surface area contributed by atoms with Crippen LogP contribution in [0.1, 0.15) is 0 Å². The Morgan fingerprint density at radius 2 is 1.30 bits per heavy atom. The molecule has 37 heavy (non-hydrogen) atoms. The molecule has 0 aromatic heterocycles. The fourth-order valence-electron chi connectivity index (χ4n) is 2.62. The van der Waals surface area contributed by atoms with Gasteiger partial charge in [-0.1, -0.05) is 24.3 Å². The van der Waals surface area contributed by atoms with Crippen molar-refractivity contribution in [3.05, 3.63) is 30.3 Å². The van der Waals surface area contributed by atoms with Crippen molar-refractivity contribution < 1.29 is 176 Å². The van der Waals surface area contributed by atoms with Crippen molar-refractivity contribution in [2.24, 2.45) is 0 Å². The minimum atomic E-state index is -6.92. The Balaban J connectivity index is 0.00000648. The van der Waals surface area contributed by atoms with E-state index in [2.05, 4.69) is 4.18 Å². The van der Waals surface area contributed by atoms with Gasteiger partial charge in [0.2, 0.25) is 0 Å². The van der Waals surface area contributed by atoms with Crippen LogP contribution in [0.15, 0.2) is 45.0 Å². The van der Waals surface area contributed by atoms with E-state index < -0.39 is 86.6 Å². The number of benzene rings is 2. The SMILES string of the molecule is O=S(=O)([O-])c1cc2ccccc2c(S(=O)(=O)OCC(F)(F)C(F)(F)C(F)(F)C(F)F)c1S(=O)(=O)[O-].[K+].[K+]. The molecule has 0 aliphatic carbocycles. The van der Waals surface area contributed by atoms with Crippen LogP contribution in [0.2, 0.25) is 0 Å². The molecule has 2 aromatic carbocycles. The molecular weight excluding hydrogens is 651 g/mol. The van der Waals surface area contributed by atoms with Crippen LogP contribution in [0.3, 0.4) is 0 Å². The molecule has 198 valence electrons. The Morgan fingerprint density at radius 1 is 0.811 bits per heavy atom. The van der Waals surface area contributed by atoms with Crippen LogP contribution in [0.4, 0.5) is 35.1 Å². The van der Waals surface area contributed by atoms with Crippen LogP contribution in [-0.2, 0) is 34.5 Å². The fourth-order valence-corrected chi connectivity index (χ4v) is 6.37. The summed E-state index contributed by atoms with van der Waals surface area (Å²) in [5.74, 6) is -20.0. The van der Waals surface area contributed by atoms with Gasteiger partial charge in [-0.05, 0) is 11.5 Å². The Bertz CT molecular complexity index is 1480. The first kappa shape index (κ1) is 38.1. The number of rotatable bonds is 9. The molecule has 0 atom stereocenters. The zero-order valence-electron chi connectivity index (χ0n) is 18.1. The van der Waals surface area contributed by atoms with Crippen LogP contribution in [0, 0.1) is 0 Å². The molecule has 9 nitrogen and oxygen atoms in total. The molecule has 0 fully saturated rings. The molecule has 0 heterocycles. The molecule has 0 saturated carbocycles. The van der Waals surface area contributed by atoms with Gasteiger partial charge in [-0.3, -0.25) is 4.18 Å². The molecule has 2 aromatic rings.